The molecule has 0 spiro atoms. The molecule has 0 radical (unpaired) electrons. The number of carbonyl (C=O) groups excluding carboxylic acids is 1. The van der Waals surface area contributed by atoms with E-state index < -0.39 is 5.97 Å². The van der Waals surface area contributed by atoms with Gasteiger partial charge < -0.3 is 4.74 Å². The average Bonchev–Trinajstić information content (AvgIpc) is 2.28. The summed E-state index contributed by atoms with van der Waals surface area (Å²) >= 11 is 0. The maximum Gasteiger partial charge on any atom is 0.357 e. The first kappa shape index (κ1) is 10.9. The van der Waals surface area contributed by atoms with E-state index in [1.165, 1.54) is 18.3 Å². The van der Waals surface area contributed by atoms with E-state index in [-0.39, 0.29) is 12.3 Å². The fourth-order valence-corrected chi connectivity index (χ4v) is 1.14. The van der Waals surface area contributed by atoms with Crippen molar-refractivity contribution >= 4 is 12.0 Å². The predicted molar refractivity (Wildman–Crippen MR) is 55.0 cm³/mol. The van der Waals surface area contributed by atoms with Crippen molar-refractivity contribution in [2.45, 2.75) is 6.92 Å². The zero-order valence-corrected chi connectivity index (χ0v) is 8.36. The van der Waals surface area contributed by atoms with Crippen LogP contribution < -0.4 is 0 Å². The third-order valence-corrected chi connectivity index (χ3v) is 1.78. The van der Waals surface area contributed by atoms with Crippen LogP contribution in [0.4, 0.5) is 0 Å². The number of hydrogen-bond acceptors (Lipinski definition) is 4. The summed E-state index contributed by atoms with van der Waals surface area (Å²) in [4.78, 5) is 15.3. The molecular formula is C11H10N2O2. The predicted octanol–water partition coefficient (Wildman–Crippen LogP) is 1.77. The van der Waals surface area contributed by atoms with Gasteiger partial charge in [0, 0.05) is 11.8 Å². The molecule has 0 aromatic carbocycles. The van der Waals surface area contributed by atoms with E-state index in [1.807, 2.05) is 6.07 Å². The Hall–Kier alpha value is -2.15. The molecule has 1 aromatic rings. The van der Waals surface area contributed by atoms with Crippen molar-refractivity contribution in [1.82, 2.24) is 4.98 Å². The second kappa shape index (κ2) is 4.91. The number of esters is 1. The Balaban J connectivity index is 3.24. The molecule has 0 bridgehead atoms. The smallest absolute Gasteiger partial charge is 0.357 e. The molecule has 0 aliphatic rings. The van der Waals surface area contributed by atoms with Crippen LogP contribution in [0.1, 0.15) is 28.5 Å². The first-order chi connectivity index (χ1) is 7.24. The highest BCUT2D eigenvalue weighted by Gasteiger charge is 2.14. The highest BCUT2D eigenvalue weighted by Crippen LogP contribution is 2.14. The standard InChI is InChI=1S/C11H10N2O2/c1-3-9-8(7-12)5-6-13-10(9)11(14)15-4-2/h3,5-6H,1,4H2,2H3. The fraction of sp³-hybridized carbons (Fsp3) is 0.182. The maximum atomic E-state index is 11.5. The number of carbonyl (C=O) groups is 1. The van der Waals surface area contributed by atoms with Crippen molar-refractivity contribution in [2.75, 3.05) is 6.61 Å². The molecule has 0 fully saturated rings. The minimum atomic E-state index is -0.537. The fourth-order valence-electron chi connectivity index (χ4n) is 1.14. The van der Waals surface area contributed by atoms with Crippen LogP contribution in [0.25, 0.3) is 6.08 Å². The van der Waals surface area contributed by atoms with Gasteiger partial charge in [-0.1, -0.05) is 12.7 Å². The molecule has 15 heavy (non-hydrogen) atoms. The van der Waals surface area contributed by atoms with Gasteiger partial charge in [0.15, 0.2) is 5.69 Å². The molecular weight excluding hydrogens is 192 g/mol. The molecule has 76 valence electrons. The summed E-state index contributed by atoms with van der Waals surface area (Å²) in [7, 11) is 0. The van der Waals surface area contributed by atoms with Crippen molar-refractivity contribution in [3.63, 3.8) is 0 Å². The molecule has 0 aliphatic heterocycles. The highest BCUT2D eigenvalue weighted by molar-refractivity contribution is 5.92. The van der Waals surface area contributed by atoms with Gasteiger partial charge >= 0.3 is 5.97 Å². The molecule has 0 N–H and O–H groups in total. The number of aromatic nitrogens is 1. The first-order valence-corrected chi connectivity index (χ1v) is 4.43. The molecule has 0 saturated heterocycles. The molecule has 0 aliphatic carbocycles. The van der Waals surface area contributed by atoms with Crippen LogP contribution in [0.15, 0.2) is 18.8 Å². The molecule has 4 nitrogen and oxygen atoms in total. The topological polar surface area (TPSA) is 63.0 Å². The lowest BCUT2D eigenvalue weighted by molar-refractivity contribution is 0.0519. The van der Waals surface area contributed by atoms with Gasteiger partial charge in [0.25, 0.3) is 0 Å². The van der Waals surface area contributed by atoms with E-state index in [2.05, 4.69) is 11.6 Å². The average molecular weight is 202 g/mol. The van der Waals surface area contributed by atoms with E-state index in [9.17, 15) is 4.79 Å². The number of hydrogen-bond donors (Lipinski definition) is 0. The molecule has 0 atom stereocenters. The van der Waals surface area contributed by atoms with Crippen LogP contribution in [0.3, 0.4) is 0 Å². The van der Waals surface area contributed by atoms with Crippen molar-refractivity contribution in [3.05, 3.63) is 35.7 Å². The number of rotatable bonds is 3. The van der Waals surface area contributed by atoms with Gasteiger partial charge in [-0.25, -0.2) is 9.78 Å². The Labute approximate surface area is 87.8 Å². The number of ether oxygens (including phenoxy) is 1. The van der Waals surface area contributed by atoms with E-state index >= 15 is 0 Å². The minimum Gasteiger partial charge on any atom is -0.461 e. The van der Waals surface area contributed by atoms with Crippen LogP contribution in [-0.2, 0) is 4.74 Å². The Kier molecular flexibility index (Phi) is 3.58. The van der Waals surface area contributed by atoms with E-state index in [4.69, 9.17) is 10.00 Å². The van der Waals surface area contributed by atoms with Gasteiger partial charge in [-0.2, -0.15) is 5.26 Å². The largest absolute Gasteiger partial charge is 0.461 e. The summed E-state index contributed by atoms with van der Waals surface area (Å²) in [6.45, 7) is 5.52. The van der Waals surface area contributed by atoms with E-state index in [0.717, 1.165) is 0 Å². The summed E-state index contributed by atoms with van der Waals surface area (Å²) in [6, 6.07) is 3.49. The van der Waals surface area contributed by atoms with Gasteiger partial charge in [-0.15, -0.1) is 0 Å². The SMILES string of the molecule is C=Cc1c(C#N)ccnc1C(=O)OCC. The second-order valence-electron chi connectivity index (χ2n) is 2.66. The highest BCUT2D eigenvalue weighted by atomic mass is 16.5. The summed E-state index contributed by atoms with van der Waals surface area (Å²) in [5, 5.41) is 8.81. The summed E-state index contributed by atoms with van der Waals surface area (Å²) in [5.41, 5.74) is 0.910. The monoisotopic (exact) mass is 202 g/mol. The summed E-state index contributed by atoms with van der Waals surface area (Å²) < 4.78 is 4.81. The Morgan fingerprint density at radius 2 is 2.53 bits per heavy atom. The van der Waals surface area contributed by atoms with Crippen molar-refractivity contribution < 1.29 is 9.53 Å². The van der Waals surface area contributed by atoms with Gasteiger partial charge in [0.1, 0.15) is 0 Å². The van der Waals surface area contributed by atoms with Crippen molar-refractivity contribution in [2.24, 2.45) is 0 Å². The summed E-state index contributed by atoms with van der Waals surface area (Å²) in [6.07, 6.45) is 2.83. The molecule has 0 unspecified atom stereocenters. The lowest BCUT2D eigenvalue weighted by Crippen LogP contribution is -2.10. The molecule has 1 rings (SSSR count). The lowest BCUT2D eigenvalue weighted by Gasteiger charge is -2.05. The van der Waals surface area contributed by atoms with Gasteiger partial charge in [-0.05, 0) is 13.0 Å². The third kappa shape index (κ3) is 2.20. The second-order valence-corrected chi connectivity index (χ2v) is 2.66. The zero-order valence-electron chi connectivity index (χ0n) is 8.36. The maximum absolute atomic E-state index is 11.5. The number of nitriles is 1. The molecule has 4 heteroatoms. The normalized spacial score (nSPS) is 9.07. The first-order valence-electron chi connectivity index (χ1n) is 4.43. The van der Waals surface area contributed by atoms with E-state index in [0.29, 0.717) is 11.1 Å². The van der Waals surface area contributed by atoms with Gasteiger partial charge in [0.05, 0.1) is 18.2 Å². The third-order valence-electron chi connectivity index (χ3n) is 1.78. The van der Waals surface area contributed by atoms with Crippen molar-refractivity contribution in [3.8, 4) is 6.07 Å². The van der Waals surface area contributed by atoms with E-state index in [1.54, 1.807) is 6.92 Å². The number of pyridine rings is 1. The zero-order chi connectivity index (χ0) is 11.3. The van der Waals surface area contributed by atoms with Gasteiger partial charge in [-0.3, -0.25) is 0 Å². The van der Waals surface area contributed by atoms with Crippen LogP contribution in [0.5, 0.6) is 0 Å². The Morgan fingerprint density at radius 3 is 3.07 bits per heavy atom. The van der Waals surface area contributed by atoms with Crippen LogP contribution in [0.2, 0.25) is 0 Å². The molecule has 0 amide bonds. The molecule has 1 heterocycles. The quantitative estimate of drug-likeness (QED) is 0.701. The van der Waals surface area contributed by atoms with Crippen LogP contribution in [-0.4, -0.2) is 17.6 Å². The summed E-state index contributed by atoms with van der Waals surface area (Å²) in [5.74, 6) is -0.537. The molecule has 0 saturated carbocycles. The van der Waals surface area contributed by atoms with Crippen LogP contribution >= 0.6 is 0 Å². The molecule has 1 aromatic heterocycles. The van der Waals surface area contributed by atoms with Crippen LogP contribution in [0, 0.1) is 11.3 Å². The lowest BCUT2D eigenvalue weighted by atomic mass is 10.1. The van der Waals surface area contributed by atoms with Gasteiger partial charge in [0.2, 0.25) is 0 Å². The number of nitrogens with zero attached hydrogens (tertiary/aromatic N) is 2. The minimum absolute atomic E-state index is 0.130. The Bertz CT molecular complexity index is 433. The van der Waals surface area contributed by atoms with Crippen molar-refractivity contribution in [1.29, 1.82) is 5.26 Å². The Morgan fingerprint density at radius 1 is 1.80 bits per heavy atom.